The number of carbonyl (C=O) groups is 1. The molecule has 6 nitrogen and oxygen atoms in total. The molecule has 0 unspecified atom stereocenters. The van der Waals surface area contributed by atoms with Crippen molar-refractivity contribution in [3.63, 3.8) is 0 Å². The standard InChI is InChI=1S/C24H25N3O3/c28-13-11-26-7-9-27(10-8-26)12-14-30-18-15-17-5-6-25-23-19-3-1-2-4-20(19)24(29)21(16-18)22(17)23/h1-6,15-16,28H,7-14H2. The molecule has 2 aliphatic rings. The van der Waals surface area contributed by atoms with Gasteiger partial charge in [-0.15, -0.1) is 0 Å². The van der Waals surface area contributed by atoms with Crippen LogP contribution in [0, 0.1) is 0 Å². The molecule has 2 aromatic carbocycles. The zero-order valence-electron chi connectivity index (χ0n) is 16.9. The molecule has 1 aliphatic carbocycles. The zero-order valence-corrected chi connectivity index (χ0v) is 16.9. The average molecular weight is 403 g/mol. The molecule has 0 amide bonds. The number of fused-ring (bicyclic) bond motifs is 2. The number of ketones is 1. The van der Waals surface area contributed by atoms with Gasteiger partial charge < -0.3 is 9.84 Å². The van der Waals surface area contributed by atoms with Gasteiger partial charge in [-0.25, -0.2) is 0 Å². The number of pyridine rings is 1. The Hall–Kier alpha value is -2.80. The number of aliphatic hydroxyl groups is 1. The number of piperazine rings is 1. The smallest absolute Gasteiger partial charge is 0.194 e. The number of β-amino-alcohol motifs (C(OH)–C–C–N with tert-alkyl or cyclic N) is 1. The van der Waals surface area contributed by atoms with Crippen molar-refractivity contribution in [2.24, 2.45) is 0 Å². The van der Waals surface area contributed by atoms with Gasteiger partial charge in [0, 0.05) is 67.5 Å². The van der Waals surface area contributed by atoms with Crippen molar-refractivity contribution in [1.82, 2.24) is 14.8 Å². The van der Waals surface area contributed by atoms with Crippen molar-refractivity contribution in [3.8, 4) is 17.0 Å². The first kappa shape index (κ1) is 19.2. The highest BCUT2D eigenvalue weighted by Crippen LogP contribution is 2.39. The van der Waals surface area contributed by atoms with E-state index in [-0.39, 0.29) is 12.4 Å². The maximum Gasteiger partial charge on any atom is 0.194 e. The molecule has 2 heterocycles. The monoisotopic (exact) mass is 403 g/mol. The number of aromatic nitrogens is 1. The van der Waals surface area contributed by atoms with Crippen LogP contribution in [0.5, 0.6) is 5.75 Å². The summed E-state index contributed by atoms with van der Waals surface area (Å²) in [6.45, 7) is 6.31. The van der Waals surface area contributed by atoms with Crippen molar-refractivity contribution < 1.29 is 14.6 Å². The lowest BCUT2D eigenvalue weighted by Gasteiger charge is -2.34. The maximum atomic E-state index is 13.1. The van der Waals surface area contributed by atoms with Crippen molar-refractivity contribution in [1.29, 1.82) is 0 Å². The minimum Gasteiger partial charge on any atom is -0.492 e. The van der Waals surface area contributed by atoms with E-state index in [2.05, 4.69) is 14.8 Å². The first-order valence-corrected chi connectivity index (χ1v) is 10.5. The lowest BCUT2D eigenvalue weighted by atomic mass is 9.85. The number of hydrogen-bond acceptors (Lipinski definition) is 6. The summed E-state index contributed by atoms with van der Waals surface area (Å²) in [5.74, 6) is 0.753. The summed E-state index contributed by atoms with van der Waals surface area (Å²) in [5, 5.41) is 11.0. The molecule has 0 spiro atoms. The van der Waals surface area contributed by atoms with E-state index in [0.717, 1.165) is 67.0 Å². The molecular weight excluding hydrogens is 378 g/mol. The van der Waals surface area contributed by atoms with E-state index in [9.17, 15) is 4.79 Å². The molecule has 0 radical (unpaired) electrons. The highest BCUT2D eigenvalue weighted by Gasteiger charge is 2.26. The number of ether oxygens (including phenoxy) is 1. The van der Waals surface area contributed by atoms with Crippen molar-refractivity contribution in [3.05, 3.63) is 59.8 Å². The molecule has 1 aliphatic heterocycles. The molecule has 0 bridgehead atoms. The highest BCUT2D eigenvalue weighted by molar-refractivity contribution is 6.25. The zero-order chi connectivity index (χ0) is 20.5. The minimum atomic E-state index is 0.0292. The first-order valence-electron chi connectivity index (χ1n) is 10.5. The van der Waals surface area contributed by atoms with Crippen LogP contribution in [-0.2, 0) is 0 Å². The second kappa shape index (κ2) is 8.14. The van der Waals surface area contributed by atoms with Crippen LogP contribution in [0.3, 0.4) is 0 Å². The van der Waals surface area contributed by atoms with Crippen LogP contribution in [0.2, 0.25) is 0 Å². The topological polar surface area (TPSA) is 65.9 Å². The normalized spacial score (nSPS) is 16.6. The van der Waals surface area contributed by atoms with Gasteiger partial charge in [0.2, 0.25) is 0 Å². The molecule has 6 heteroatoms. The second-order valence-corrected chi connectivity index (χ2v) is 7.86. The summed E-state index contributed by atoms with van der Waals surface area (Å²) < 4.78 is 6.07. The predicted octanol–water partition coefficient (Wildman–Crippen LogP) is 2.43. The second-order valence-electron chi connectivity index (χ2n) is 7.86. The van der Waals surface area contributed by atoms with E-state index in [1.807, 2.05) is 42.5 Å². The third-order valence-corrected chi connectivity index (χ3v) is 6.07. The molecule has 3 aromatic rings. The van der Waals surface area contributed by atoms with Gasteiger partial charge in [-0.3, -0.25) is 19.6 Å². The fourth-order valence-corrected chi connectivity index (χ4v) is 4.46. The van der Waals surface area contributed by atoms with Crippen LogP contribution < -0.4 is 4.74 Å². The van der Waals surface area contributed by atoms with Gasteiger partial charge in [0.15, 0.2) is 5.78 Å². The quantitative estimate of drug-likeness (QED) is 0.534. The largest absolute Gasteiger partial charge is 0.492 e. The minimum absolute atomic E-state index is 0.0292. The third kappa shape index (κ3) is 3.47. The van der Waals surface area contributed by atoms with Crippen LogP contribution >= 0.6 is 0 Å². The fraction of sp³-hybridized carbons (Fsp3) is 0.333. The first-order chi connectivity index (χ1) is 14.7. The molecule has 30 heavy (non-hydrogen) atoms. The third-order valence-electron chi connectivity index (χ3n) is 6.07. The Labute approximate surface area is 175 Å². The van der Waals surface area contributed by atoms with Crippen molar-refractivity contribution in [2.45, 2.75) is 0 Å². The van der Waals surface area contributed by atoms with Crippen LogP contribution in [0.15, 0.2) is 48.7 Å². The Morgan fingerprint density at radius 3 is 2.43 bits per heavy atom. The summed E-state index contributed by atoms with van der Waals surface area (Å²) in [5.41, 5.74) is 3.13. The number of carbonyl (C=O) groups excluding carboxylic acids is 1. The lowest BCUT2D eigenvalue weighted by molar-refractivity contribution is 0.101. The van der Waals surface area contributed by atoms with Crippen LogP contribution in [-0.4, -0.2) is 78.2 Å². The Balaban J connectivity index is 1.33. The van der Waals surface area contributed by atoms with Crippen LogP contribution in [0.4, 0.5) is 0 Å². The van der Waals surface area contributed by atoms with Crippen LogP contribution in [0.25, 0.3) is 22.0 Å². The van der Waals surface area contributed by atoms with Gasteiger partial charge in [-0.1, -0.05) is 24.3 Å². The predicted molar refractivity (Wildman–Crippen MR) is 116 cm³/mol. The number of hydrogen-bond donors (Lipinski definition) is 1. The number of aliphatic hydroxyl groups excluding tert-OH is 1. The van der Waals surface area contributed by atoms with Crippen molar-refractivity contribution >= 4 is 16.6 Å². The Morgan fingerprint density at radius 1 is 0.933 bits per heavy atom. The molecule has 0 atom stereocenters. The molecule has 5 rings (SSSR count). The van der Waals surface area contributed by atoms with Gasteiger partial charge in [-0.2, -0.15) is 0 Å². The van der Waals surface area contributed by atoms with E-state index < -0.39 is 0 Å². The van der Waals surface area contributed by atoms with Gasteiger partial charge >= 0.3 is 0 Å². The Bertz CT molecular complexity index is 1090. The molecular formula is C24H25N3O3. The van der Waals surface area contributed by atoms with E-state index in [4.69, 9.17) is 9.84 Å². The molecule has 1 fully saturated rings. The van der Waals surface area contributed by atoms with Gasteiger partial charge in [0.25, 0.3) is 0 Å². The Morgan fingerprint density at radius 2 is 1.67 bits per heavy atom. The highest BCUT2D eigenvalue weighted by atomic mass is 16.5. The van der Waals surface area contributed by atoms with Crippen LogP contribution in [0.1, 0.15) is 15.9 Å². The maximum absolute atomic E-state index is 13.1. The number of rotatable bonds is 6. The summed E-state index contributed by atoms with van der Waals surface area (Å²) in [6.07, 6.45) is 1.80. The average Bonchev–Trinajstić information content (AvgIpc) is 2.78. The Kier molecular flexibility index (Phi) is 5.21. The van der Waals surface area contributed by atoms with E-state index >= 15 is 0 Å². The fourth-order valence-electron chi connectivity index (χ4n) is 4.46. The summed E-state index contributed by atoms with van der Waals surface area (Å²) in [4.78, 5) is 22.4. The SMILES string of the molecule is O=C1c2ccccc2-c2nccc3cc(OCCN4CCN(CCO)CC4)cc1c23. The van der Waals surface area contributed by atoms with Gasteiger partial charge in [0.05, 0.1) is 12.3 Å². The van der Waals surface area contributed by atoms with Crippen molar-refractivity contribution in [2.75, 3.05) is 52.5 Å². The summed E-state index contributed by atoms with van der Waals surface area (Å²) >= 11 is 0. The van der Waals surface area contributed by atoms with E-state index in [0.29, 0.717) is 17.7 Å². The molecule has 0 saturated carbocycles. The molecule has 1 N–H and O–H groups in total. The van der Waals surface area contributed by atoms with Gasteiger partial charge in [0.1, 0.15) is 12.4 Å². The molecule has 1 saturated heterocycles. The van der Waals surface area contributed by atoms with Gasteiger partial charge in [-0.05, 0) is 23.6 Å². The van der Waals surface area contributed by atoms with E-state index in [1.165, 1.54) is 0 Å². The number of benzene rings is 2. The number of nitrogens with zero attached hydrogens (tertiary/aromatic N) is 3. The lowest BCUT2D eigenvalue weighted by Crippen LogP contribution is -2.48. The summed E-state index contributed by atoms with van der Waals surface area (Å²) in [6, 6.07) is 13.5. The molecule has 1 aromatic heterocycles. The molecule has 154 valence electrons. The summed E-state index contributed by atoms with van der Waals surface area (Å²) in [7, 11) is 0. The van der Waals surface area contributed by atoms with E-state index in [1.54, 1.807) is 6.20 Å².